The van der Waals surface area contributed by atoms with Crippen molar-refractivity contribution < 1.29 is 44.0 Å². The van der Waals surface area contributed by atoms with E-state index < -0.39 is 35.5 Å². The summed E-state index contributed by atoms with van der Waals surface area (Å²) in [6.07, 6.45) is -2.71. The van der Waals surface area contributed by atoms with Gasteiger partial charge in [-0.1, -0.05) is 25.6 Å². The summed E-state index contributed by atoms with van der Waals surface area (Å²) in [6.45, 7) is 4.46. The van der Waals surface area contributed by atoms with E-state index in [1.165, 1.54) is 20.8 Å². The minimum Gasteiger partial charge on any atom is -0.481 e. The van der Waals surface area contributed by atoms with Crippen LogP contribution in [-0.4, -0.2) is 81.8 Å². The van der Waals surface area contributed by atoms with Crippen LogP contribution in [0.4, 0.5) is 0 Å². The molecular formula is C19H32N2O9S. The molecule has 0 heterocycles. The first-order valence-electron chi connectivity index (χ1n) is 9.79. The monoisotopic (exact) mass is 464 g/mol. The van der Waals surface area contributed by atoms with Crippen molar-refractivity contribution in [2.24, 2.45) is 5.41 Å². The van der Waals surface area contributed by atoms with Crippen molar-refractivity contribution in [2.75, 3.05) is 25.4 Å². The van der Waals surface area contributed by atoms with Crippen molar-refractivity contribution in [3.05, 3.63) is 0 Å². The number of carbonyl (C=O) groups excluding carboxylic acids is 4. The summed E-state index contributed by atoms with van der Waals surface area (Å²) in [5, 5.41) is 32.3. The number of aliphatic hydroxyl groups is 2. The highest BCUT2D eigenvalue weighted by atomic mass is 32.2. The number of thioether (sulfide) groups is 1. The first-order valence-corrected chi connectivity index (χ1v) is 10.8. The first-order chi connectivity index (χ1) is 14.4. The maximum Gasteiger partial charge on any atom is 0.306 e. The number of rotatable bonds is 15. The number of carboxylic acids is 1. The Morgan fingerprint density at radius 3 is 2.26 bits per heavy atom. The molecule has 0 spiro atoms. The predicted octanol–water partition coefficient (Wildman–Crippen LogP) is -0.565. The van der Waals surface area contributed by atoms with Crippen LogP contribution >= 0.6 is 11.8 Å². The third-order valence-corrected chi connectivity index (χ3v) is 4.96. The quantitative estimate of drug-likeness (QED) is 0.156. The first kappa shape index (κ1) is 28.8. The van der Waals surface area contributed by atoms with Crippen LogP contribution < -0.4 is 10.6 Å². The Labute approximate surface area is 185 Å². The van der Waals surface area contributed by atoms with Gasteiger partial charge >= 0.3 is 11.9 Å². The number of hydrogen-bond acceptors (Lipinski definition) is 9. The summed E-state index contributed by atoms with van der Waals surface area (Å²) in [6, 6.07) is 0. The Balaban J connectivity index is 3.93. The van der Waals surface area contributed by atoms with Gasteiger partial charge in [-0.2, -0.15) is 0 Å². The predicted molar refractivity (Wildman–Crippen MR) is 112 cm³/mol. The van der Waals surface area contributed by atoms with Crippen molar-refractivity contribution >= 4 is 40.6 Å². The van der Waals surface area contributed by atoms with Crippen molar-refractivity contribution in [2.45, 2.75) is 58.7 Å². The summed E-state index contributed by atoms with van der Waals surface area (Å²) in [5.74, 6) is -2.50. The van der Waals surface area contributed by atoms with Crippen molar-refractivity contribution in [3.63, 3.8) is 0 Å². The Hall–Kier alpha value is -2.18. The van der Waals surface area contributed by atoms with Gasteiger partial charge in [0.05, 0.1) is 25.9 Å². The highest BCUT2D eigenvalue weighted by Crippen LogP contribution is 2.19. The van der Waals surface area contributed by atoms with Crippen molar-refractivity contribution in [1.29, 1.82) is 0 Å². The van der Waals surface area contributed by atoms with Crippen LogP contribution in [0.2, 0.25) is 0 Å². The number of carbonyl (C=O) groups is 5. The van der Waals surface area contributed by atoms with Gasteiger partial charge in [0.2, 0.25) is 11.8 Å². The zero-order valence-corrected chi connectivity index (χ0v) is 18.8. The maximum atomic E-state index is 11.8. The molecule has 0 rings (SSSR count). The standard InChI is InChI=1S/C19H32N2O9S/c1-12(30-15(26)5-4-14(24)25)10-16(27)31-9-8-20-13(23)6-7-21-18(29)17(28)19(2,3)11-22/h12,17,22,28H,4-11H2,1-3H3,(H,20,23)(H,21,29)(H,24,25)/t12-,17-/m0/s1. The number of aliphatic carboxylic acids is 1. The number of esters is 1. The lowest BCUT2D eigenvalue weighted by Gasteiger charge is -2.27. The highest BCUT2D eigenvalue weighted by Gasteiger charge is 2.32. The molecule has 0 aromatic rings. The SMILES string of the molecule is C[C@@H](CC(=O)SCCNC(=O)CCNC(=O)[C@H](O)C(C)(C)CO)OC(=O)CCC(=O)O. The number of carboxylic acid groups (broad SMARTS) is 1. The largest absolute Gasteiger partial charge is 0.481 e. The minimum absolute atomic E-state index is 0.0139. The van der Waals surface area contributed by atoms with E-state index in [4.69, 9.17) is 14.9 Å². The van der Waals surface area contributed by atoms with E-state index in [-0.39, 0.29) is 56.4 Å². The third-order valence-electron chi connectivity index (χ3n) is 4.06. The molecule has 0 fully saturated rings. The van der Waals surface area contributed by atoms with Crippen LogP contribution in [0.15, 0.2) is 0 Å². The topological polar surface area (TPSA) is 179 Å². The molecule has 31 heavy (non-hydrogen) atoms. The van der Waals surface area contributed by atoms with Crippen LogP contribution in [0, 0.1) is 5.41 Å². The fourth-order valence-electron chi connectivity index (χ4n) is 2.11. The number of ether oxygens (including phenoxy) is 1. The second-order valence-electron chi connectivity index (χ2n) is 7.56. The summed E-state index contributed by atoms with van der Waals surface area (Å²) in [4.78, 5) is 57.2. The van der Waals surface area contributed by atoms with Gasteiger partial charge in [-0.05, 0) is 6.92 Å². The smallest absolute Gasteiger partial charge is 0.306 e. The fourth-order valence-corrected chi connectivity index (χ4v) is 2.89. The van der Waals surface area contributed by atoms with E-state index in [1.54, 1.807) is 0 Å². The molecule has 0 aliphatic carbocycles. The summed E-state index contributed by atoms with van der Waals surface area (Å²) in [7, 11) is 0. The second kappa shape index (κ2) is 14.8. The zero-order chi connectivity index (χ0) is 24.0. The van der Waals surface area contributed by atoms with Crippen molar-refractivity contribution in [1.82, 2.24) is 10.6 Å². The van der Waals surface area contributed by atoms with Gasteiger partial charge in [0.1, 0.15) is 12.2 Å². The Bertz CT molecular complexity index is 640. The number of amides is 2. The van der Waals surface area contributed by atoms with E-state index >= 15 is 0 Å². The molecule has 0 unspecified atom stereocenters. The van der Waals surface area contributed by atoms with E-state index in [1.807, 2.05) is 0 Å². The molecule has 0 radical (unpaired) electrons. The van der Waals surface area contributed by atoms with Gasteiger partial charge in [0, 0.05) is 30.7 Å². The lowest BCUT2D eigenvalue weighted by molar-refractivity contribution is -0.151. The average molecular weight is 465 g/mol. The van der Waals surface area contributed by atoms with Crippen LogP contribution in [0.3, 0.4) is 0 Å². The Morgan fingerprint density at radius 1 is 1.03 bits per heavy atom. The summed E-state index contributed by atoms with van der Waals surface area (Å²) < 4.78 is 4.95. The fraction of sp³-hybridized carbons (Fsp3) is 0.737. The van der Waals surface area contributed by atoms with E-state index in [9.17, 15) is 29.1 Å². The molecule has 178 valence electrons. The van der Waals surface area contributed by atoms with Crippen LogP contribution in [-0.2, 0) is 28.7 Å². The zero-order valence-electron chi connectivity index (χ0n) is 18.0. The van der Waals surface area contributed by atoms with Crippen LogP contribution in [0.1, 0.15) is 46.5 Å². The molecule has 0 aromatic carbocycles. The van der Waals surface area contributed by atoms with Gasteiger partial charge in [0.25, 0.3) is 0 Å². The lowest BCUT2D eigenvalue weighted by atomic mass is 9.87. The molecule has 0 aliphatic rings. The summed E-state index contributed by atoms with van der Waals surface area (Å²) >= 11 is 0.964. The minimum atomic E-state index is -1.40. The number of hydrogen-bond donors (Lipinski definition) is 5. The van der Waals surface area contributed by atoms with Gasteiger partial charge in [0.15, 0.2) is 5.12 Å². The summed E-state index contributed by atoms with van der Waals surface area (Å²) in [5.41, 5.74) is -0.996. The molecule has 0 saturated heterocycles. The normalized spacial score (nSPS) is 13.1. The second-order valence-corrected chi connectivity index (χ2v) is 8.71. The lowest BCUT2D eigenvalue weighted by Crippen LogP contribution is -2.46. The van der Waals surface area contributed by atoms with Gasteiger partial charge < -0.3 is 30.7 Å². The van der Waals surface area contributed by atoms with Gasteiger partial charge in [-0.15, -0.1) is 0 Å². The molecule has 0 bridgehead atoms. The third kappa shape index (κ3) is 13.7. The molecule has 0 saturated carbocycles. The maximum absolute atomic E-state index is 11.8. The van der Waals surface area contributed by atoms with E-state index in [2.05, 4.69) is 10.6 Å². The van der Waals surface area contributed by atoms with E-state index in [0.717, 1.165) is 11.8 Å². The van der Waals surface area contributed by atoms with Crippen molar-refractivity contribution in [3.8, 4) is 0 Å². The average Bonchev–Trinajstić information content (AvgIpc) is 2.68. The molecule has 12 heteroatoms. The molecular weight excluding hydrogens is 432 g/mol. The van der Waals surface area contributed by atoms with Crippen LogP contribution in [0.25, 0.3) is 0 Å². The highest BCUT2D eigenvalue weighted by molar-refractivity contribution is 8.13. The molecule has 0 aromatic heterocycles. The molecule has 0 aliphatic heterocycles. The van der Waals surface area contributed by atoms with Gasteiger partial charge in [-0.3, -0.25) is 24.0 Å². The molecule has 5 N–H and O–H groups in total. The molecule has 2 amide bonds. The molecule has 2 atom stereocenters. The van der Waals surface area contributed by atoms with Gasteiger partial charge in [-0.25, -0.2) is 0 Å². The Kier molecular flexibility index (Phi) is 13.7. The number of aliphatic hydroxyl groups excluding tert-OH is 2. The van der Waals surface area contributed by atoms with E-state index in [0.29, 0.717) is 5.75 Å². The number of nitrogens with one attached hydrogen (secondary N) is 2. The van der Waals surface area contributed by atoms with Crippen LogP contribution in [0.5, 0.6) is 0 Å². The Morgan fingerprint density at radius 2 is 1.68 bits per heavy atom. The molecule has 11 nitrogen and oxygen atoms in total.